The molecule has 0 N–H and O–H groups in total. The van der Waals surface area contributed by atoms with Crippen molar-refractivity contribution in [1.29, 1.82) is 0 Å². The molecule has 1 heterocycles. The Morgan fingerprint density at radius 3 is 2.17 bits per heavy atom. The number of fused-ring (bicyclic) bond motifs is 3. The number of pyridine rings is 1. The molecule has 1 heteroatoms. The highest BCUT2D eigenvalue weighted by Crippen LogP contribution is 2.52. The van der Waals surface area contributed by atoms with Crippen molar-refractivity contribution < 1.29 is 0 Å². The Morgan fingerprint density at radius 1 is 0.778 bits per heavy atom. The zero-order chi connectivity index (χ0) is 13.0. The summed E-state index contributed by atoms with van der Waals surface area (Å²) in [5.41, 5.74) is 5.40. The third-order valence-corrected chi connectivity index (χ3v) is 4.90. The van der Waals surface area contributed by atoms with Gasteiger partial charge in [0.2, 0.25) is 0 Å². The molecule has 0 atom stereocenters. The maximum absolute atomic E-state index is 4.62. The molecule has 0 fully saturated rings. The fourth-order valence-corrected chi connectivity index (χ4v) is 3.03. The Balaban J connectivity index is 2.43. The van der Waals surface area contributed by atoms with Crippen molar-refractivity contribution in [3.05, 3.63) is 53.7 Å². The van der Waals surface area contributed by atoms with Crippen molar-refractivity contribution in [3.8, 4) is 11.3 Å². The van der Waals surface area contributed by atoms with E-state index in [0.717, 1.165) is 5.69 Å². The fraction of sp³-hybridized carbons (Fsp3) is 0.353. The molecule has 92 valence electrons. The van der Waals surface area contributed by atoms with Gasteiger partial charge in [-0.1, -0.05) is 58.0 Å². The van der Waals surface area contributed by atoms with Crippen LogP contribution in [0.3, 0.4) is 0 Å². The third kappa shape index (κ3) is 1.25. The minimum Gasteiger partial charge on any atom is -0.256 e. The lowest BCUT2D eigenvalue weighted by Crippen LogP contribution is -2.43. The molecule has 2 aromatic rings. The highest BCUT2D eigenvalue weighted by molar-refractivity contribution is 5.74. The predicted molar refractivity (Wildman–Crippen MR) is 75.7 cm³/mol. The van der Waals surface area contributed by atoms with E-state index in [1.54, 1.807) is 0 Å². The van der Waals surface area contributed by atoms with E-state index in [-0.39, 0.29) is 10.8 Å². The topological polar surface area (TPSA) is 12.9 Å². The first-order chi connectivity index (χ1) is 8.46. The number of hydrogen-bond donors (Lipinski definition) is 0. The monoisotopic (exact) mass is 237 g/mol. The minimum absolute atomic E-state index is 0.0882. The molecule has 1 aromatic heterocycles. The van der Waals surface area contributed by atoms with Gasteiger partial charge >= 0.3 is 0 Å². The molecule has 3 rings (SSSR count). The average molecular weight is 237 g/mol. The number of aromatic nitrogens is 1. The van der Waals surface area contributed by atoms with Gasteiger partial charge in [0.15, 0.2) is 0 Å². The van der Waals surface area contributed by atoms with Gasteiger partial charge in [0.1, 0.15) is 0 Å². The van der Waals surface area contributed by atoms with Gasteiger partial charge in [0, 0.05) is 17.2 Å². The summed E-state index contributed by atoms with van der Waals surface area (Å²) in [5.74, 6) is 0. The van der Waals surface area contributed by atoms with Crippen LogP contribution in [-0.4, -0.2) is 4.98 Å². The van der Waals surface area contributed by atoms with E-state index in [1.807, 2.05) is 12.3 Å². The van der Waals surface area contributed by atoms with Crippen LogP contribution in [0.2, 0.25) is 0 Å². The van der Waals surface area contributed by atoms with Crippen LogP contribution in [0.1, 0.15) is 38.8 Å². The first-order valence-electron chi connectivity index (χ1n) is 6.51. The fourth-order valence-electron chi connectivity index (χ4n) is 3.03. The van der Waals surface area contributed by atoms with Crippen molar-refractivity contribution in [3.63, 3.8) is 0 Å². The summed E-state index contributed by atoms with van der Waals surface area (Å²) in [6, 6.07) is 12.9. The standard InChI is InChI=1S/C17H19N/c1-16(2)13-9-6-5-8-12(13)15-14(17(16,3)4)10-7-11-18-15/h5-11H,1-4H3. The van der Waals surface area contributed by atoms with Crippen LogP contribution in [0.5, 0.6) is 0 Å². The Labute approximate surface area is 109 Å². The zero-order valence-corrected chi connectivity index (χ0v) is 11.5. The summed E-state index contributed by atoms with van der Waals surface area (Å²) < 4.78 is 0. The maximum atomic E-state index is 4.62. The first kappa shape index (κ1) is 11.5. The highest BCUT2D eigenvalue weighted by atomic mass is 14.7. The number of hydrogen-bond acceptors (Lipinski definition) is 1. The van der Waals surface area contributed by atoms with Crippen LogP contribution in [0.4, 0.5) is 0 Å². The number of benzene rings is 1. The molecule has 0 radical (unpaired) electrons. The summed E-state index contributed by atoms with van der Waals surface area (Å²) in [5, 5.41) is 0. The van der Waals surface area contributed by atoms with Crippen molar-refractivity contribution >= 4 is 0 Å². The van der Waals surface area contributed by atoms with E-state index < -0.39 is 0 Å². The molecule has 0 amide bonds. The third-order valence-electron chi connectivity index (χ3n) is 4.90. The van der Waals surface area contributed by atoms with Crippen LogP contribution in [0.25, 0.3) is 11.3 Å². The van der Waals surface area contributed by atoms with Gasteiger partial charge in [-0.15, -0.1) is 0 Å². The van der Waals surface area contributed by atoms with Gasteiger partial charge in [-0.3, -0.25) is 4.98 Å². The second-order valence-corrected chi connectivity index (χ2v) is 6.20. The molecule has 1 aliphatic rings. The molecule has 0 bridgehead atoms. The highest BCUT2D eigenvalue weighted by Gasteiger charge is 2.45. The van der Waals surface area contributed by atoms with Gasteiger partial charge in [0.05, 0.1) is 5.69 Å². The van der Waals surface area contributed by atoms with Crippen LogP contribution in [-0.2, 0) is 10.8 Å². The lowest BCUT2D eigenvalue weighted by molar-refractivity contribution is 0.298. The molecule has 0 unspecified atom stereocenters. The molecule has 0 spiro atoms. The van der Waals surface area contributed by atoms with Crippen molar-refractivity contribution in [2.24, 2.45) is 0 Å². The number of rotatable bonds is 0. The molecule has 1 aromatic carbocycles. The van der Waals surface area contributed by atoms with E-state index >= 15 is 0 Å². The molecular formula is C17H19N. The second kappa shape index (κ2) is 3.44. The van der Waals surface area contributed by atoms with E-state index in [0.29, 0.717) is 0 Å². The maximum Gasteiger partial charge on any atom is 0.0742 e. The Morgan fingerprint density at radius 2 is 1.39 bits per heavy atom. The molecule has 0 aliphatic heterocycles. The molecule has 0 saturated heterocycles. The van der Waals surface area contributed by atoms with Crippen LogP contribution in [0.15, 0.2) is 42.6 Å². The average Bonchev–Trinajstić information content (AvgIpc) is 2.37. The molecule has 1 aliphatic carbocycles. The molecule has 0 saturated carbocycles. The van der Waals surface area contributed by atoms with Gasteiger partial charge in [0.25, 0.3) is 0 Å². The molecule has 18 heavy (non-hydrogen) atoms. The van der Waals surface area contributed by atoms with Crippen molar-refractivity contribution in [2.75, 3.05) is 0 Å². The predicted octanol–water partition coefficient (Wildman–Crippen LogP) is 4.32. The summed E-state index contributed by atoms with van der Waals surface area (Å²) in [6.45, 7) is 9.32. The Kier molecular flexibility index (Phi) is 2.19. The molecule has 1 nitrogen and oxygen atoms in total. The molecular weight excluding hydrogens is 218 g/mol. The minimum atomic E-state index is 0.0882. The van der Waals surface area contributed by atoms with E-state index in [1.165, 1.54) is 16.7 Å². The van der Waals surface area contributed by atoms with Crippen molar-refractivity contribution in [2.45, 2.75) is 38.5 Å². The summed E-state index contributed by atoms with van der Waals surface area (Å²) in [4.78, 5) is 4.62. The van der Waals surface area contributed by atoms with Crippen LogP contribution in [0, 0.1) is 0 Å². The second-order valence-electron chi connectivity index (χ2n) is 6.20. The first-order valence-corrected chi connectivity index (χ1v) is 6.51. The van der Waals surface area contributed by atoms with Crippen LogP contribution >= 0.6 is 0 Å². The van der Waals surface area contributed by atoms with Gasteiger partial charge < -0.3 is 0 Å². The largest absolute Gasteiger partial charge is 0.256 e. The van der Waals surface area contributed by atoms with E-state index in [4.69, 9.17) is 0 Å². The summed E-state index contributed by atoms with van der Waals surface area (Å²) in [6.07, 6.45) is 1.89. The number of nitrogens with zero attached hydrogens (tertiary/aromatic N) is 1. The van der Waals surface area contributed by atoms with Gasteiger partial charge in [-0.2, -0.15) is 0 Å². The normalized spacial score (nSPS) is 18.9. The SMILES string of the molecule is CC1(C)c2ccccc2-c2ncccc2C1(C)C. The lowest BCUT2D eigenvalue weighted by atomic mass is 9.56. The summed E-state index contributed by atoms with van der Waals surface area (Å²) >= 11 is 0. The van der Waals surface area contributed by atoms with E-state index in [9.17, 15) is 0 Å². The van der Waals surface area contributed by atoms with Crippen LogP contribution < -0.4 is 0 Å². The Bertz CT molecular complexity index is 553. The quantitative estimate of drug-likeness (QED) is 0.665. The smallest absolute Gasteiger partial charge is 0.0742 e. The van der Waals surface area contributed by atoms with Gasteiger partial charge in [-0.25, -0.2) is 0 Å². The Hall–Kier alpha value is -1.63. The van der Waals surface area contributed by atoms with E-state index in [2.05, 4.69) is 63.0 Å². The van der Waals surface area contributed by atoms with Gasteiger partial charge in [-0.05, 0) is 22.6 Å². The van der Waals surface area contributed by atoms with Crippen molar-refractivity contribution in [1.82, 2.24) is 4.98 Å². The summed E-state index contributed by atoms with van der Waals surface area (Å²) in [7, 11) is 0. The zero-order valence-electron chi connectivity index (χ0n) is 11.5. The lowest BCUT2D eigenvalue weighted by Gasteiger charge is -2.47.